The molecule has 18 heavy (non-hydrogen) atoms. The Labute approximate surface area is 110 Å². The van der Waals surface area contributed by atoms with Crippen molar-refractivity contribution in [1.29, 1.82) is 0 Å². The molecule has 0 amide bonds. The molecule has 1 fully saturated rings. The molecule has 0 radical (unpaired) electrons. The van der Waals surface area contributed by atoms with Crippen LogP contribution in [-0.2, 0) is 4.79 Å². The highest BCUT2D eigenvalue weighted by Gasteiger charge is 2.36. The van der Waals surface area contributed by atoms with Crippen LogP contribution in [-0.4, -0.2) is 40.9 Å². The van der Waals surface area contributed by atoms with Gasteiger partial charge in [-0.25, -0.2) is 0 Å². The van der Waals surface area contributed by atoms with E-state index in [-0.39, 0.29) is 18.7 Å². The van der Waals surface area contributed by atoms with Gasteiger partial charge in [0, 0.05) is 24.1 Å². The Morgan fingerprint density at radius 3 is 2.44 bits per heavy atom. The molecule has 3 unspecified atom stereocenters. The first kappa shape index (κ1) is 17.4. The fourth-order valence-electron chi connectivity index (χ4n) is 2.09. The number of hydrogen-bond acceptors (Lipinski definition) is 4. The maximum Gasteiger partial charge on any atom is 0.320 e. The van der Waals surface area contributed by atoms with E-state index in [9.17, 15) is 9.90 Å². The van der Waals surface area contributed by atoms with Gasteiger partial charge in [-0.2, -0.15) is 0 Å². The highest BCUT2D eigenvalue weighted by molar-refractivity contribution is 5.73. The third-order valence-corrected chi connectivity index (χ3v) is 3.46. The summed E-state index contributed by atoms with van der Waals surface area (Å²) in [6, 6.07) is -0.768. The maximum absolute atomic E-state index is 10.9. The molecule has 0 aromatic rings. The molecule has 0 aromatic carbocycles. The van der Waals surface area contributed by atoms with Gasteiger partial charge in [-0.1, -0.05) is 27.7 Å². The molecular weight excluding hydrogens is 232 g/mol. The summed E-state index contributed by atoms with van der Waals surface area (Å²) in [5, 5.41) is 21.2. The van der Waals surface area contributed by atoms with E-state index in [2.05, 4.69) is 5.32 Å². The fraction of sp³-hybridized carbons (Fsp3) is 0.923. The summed E-state index contributed by atoms with van der Waals surface area (Å²) in [5.41, 5.74) is 5.69. The van der Waals surface area contributed by atoms with Crippen LogP contribution in [0, 0.1) is 5.41 Å². The topological polar surface area (TPSA) is 95.6 Å². The quantitative estimate of drug-likeness (QED) is 0.604. The predicted molar refractivity (Wildman–Crippen MR) is 72.4 cm³/mol. The highest BCUT2D eigenvalue weighted by atomic mass is 16.4. The number of rotatable bonds is 4. The Kier molecular flexibility index (Phi) is 7.43. The Bertz CT molecular complexity index is 257. The lowest BCUT2D eigenvalue weighted by molar-refractivity contribution is -0.140. The monoisotopic (exact) mass is 260 g/mol. The molecule has 5 nitrogen and oxygen atoms in total. The van der Waals surface area contributed by atoms with Crippen LogP contribution in [0.25, 0.3) is 0 Å². The largest absolute Gasteiger partial charge is 0.480 e. The molecule has 0 aliphatic carbocycles. The van der Waals surface area contributed by atoms with Gasteiger partial charge < -0.3 is 21.3 Å². The molecule has 0 aromatic heterocycles. The molecule has 1 saturated heterocycles. The molecule has 0 spiro atoms. The van der Waals surface area contributed by atoms with Gasteiger partial charge in [-0.05, 0) is 19.3 Å². The van der Waals surface area contributed by atoms with E-state index in [0.717, 1.165) is 12.8 Å². The van der Waals surface area contributed by atoms with E-state index < -0.39 is 17.4 Å². The van der Waals surface area contributed by atoms with Crippen LogP contribution in [0.2, 0.25) is 0 Å². The van der Waals surface area contributed by atoms with Crippen LogP contribution in [0.15, 0.2) is 0 Å². The van der Waals surface area contributed by atoms with Crippen molar-refractivity contribution in [2.24, 2.45) is 11.1 Å². The molecule has 0 saturated carbocycles. The molecule has 1 aliphatic rings. The molecule has 1 rings (SSSR count). The number of aliphatic hydroxyl groups is 1. The van der Waals surface area contributed by atoms with Crippen molar-refractivity contribution in [1.82, 2.24) is 5.32 Å². The molecule has 3 atom stereocenters. The van der Waals surface area contributed by atoms with E-state index in [4.69, 9.17) is 10.8 Å². The lowest BCUT2D eigenvalue weighted by atomic mass is 9.78. The number of carboxylic acid groups (broad SMARTS) is 1. The van der Waals surface area contributed by atoms with E-state index >= 15 is 0 Å². The van der Waals surface area contributed by atoms with E-state index in [0.29, 0.717) is 6.42 Å². The second kappa shape index (κ2) is 7.71. The predicted octanol–water partition coefficient (Wildman–Crippen LogP) is 0.954. The van der Waals surface area contributed by atoms with Gasteiger partial charge >= 0.3 is 5.97 Å². The fourth-order valence-corrected chi connectivity index (χ4v) is 2.09. The first-order valence-electron chi connectivity index (χ1n) is 6.74. The highest BCUT2D eigenvalue weighted by Crippen LogP contribution is 2.25. The third-order valence-electron chi connectivity index (χ3n) is 3.46. The minimum atomic E-state index is -0.821. The average Bonchev–Trinajstić information content (AvgIpc) is 2.40. The van der Waals surface area contributed by atoms with Gasteiger partial charge in [0.2, 0.25) is 0 Å². The van der Waals surface area contributed by atoms with Crippen molar-refractivity contribution in [3.05, 3.63) is 0 Å². The first-order valence-corrected chi connectivity index (χ1v) is 6.74. The van der Waals surface area contributed by atoms with Crippen LogP contribution < -0.4 is 11.1 Å². The van der Waals surface area contributed by atoms with Crippen molar-refractivity contribution in [2.45, 2.75) is 65.1 Å². The molecule has 1 aliphatic heterocycles. The summed E-state index contributed by atoms with van der Waals surface area (Å²) in [6.45, 7) is 7.79. The maximum atomic E-state index is 10.9. The Balaban J connectivity index is 0.00000137. The van der Waals surface area contributed by atoms with E-state index in [1.807, 2.05) is 27.7 Å². The average molecular weight is 260 g/mol. The second-order valence-corrected chi connectivity index (χ2v) is 5.27. The number of carboxylic acids is 1. The summed E-state index contributed by atoms with van der Waals surface area (Å²) >= 11 is 0. The van der Waals surface area contributed by atoms with Crippen molar-refractivity contribution in [3.8, 4) is 0 Å². The summed E-state index contributed by atoms with van der Waals surface area (Å²) in [7, 11) is 0. The number of hydrogen-bond donors (Lipinski definition) is 4. The van der Waals surface area contributed by atoms with Crippen molar-refractivity contribution < 1.29 is 15.0 Å². The zero-order chi connectivity index (χ0) is 14.3. The van der Waals surface area contributed by atoms with Crippen molar-refractivity contribution in [2.75, 3.05) is 6.61 Å². The molecule has 108 valence electrons. The Hall–Kier alpha value is -0.650. The Morgan fingerprint density at radius 2 is 2.00 bits per heavy atom. The second-order valence-electron chi connectivity index (χ2n) is 5.27. The number of carbonyl (C=O) groups is 1. The zero-order valence-electron chi connectivity index (χ0n) is 11.9. The molecule has 0 bridgehead atoms. The van der Waals surface area contributed by atoms with Crippen molar-refractivity contribution >= 4 is 5.97 Å². The van der Waals surface area contributed by atoms with Gasteiger partial charge in [-0.15, -0.1) is 0 Å². The number of aliphatic hydroxyl groups excluding tert-OH is 1. The molecule has 5 N–H and O–H groups in total. The van der Waals surface area contributed by atoms with Crippen LogP contribution in [0.3, 0.4) is 0 Å². The van der Waals surface area contributed by atoms with E-state index in [1.54, 1.807) is 0 Å². The van der Waals surface area contributed by atoms with E-state index in [1.165, 1.54) is 0 Å². The number of piperidine rings is 1. The minimum Gasteiger partial charge on any atom is -0.480 e. The lowest BCUT2D eigenvalue weighted by Crippen LogP contribution is -2.59. The first-order chi connectivity index (χ1) is 8.38. The van der Waals surface area contributed by atoms with Gasteiger partial charge in [0.1, 0.15) is 6.04 Å². The summed E-state index contributed by atoms with van der Waals surface area (Å²) in [4.78, 5) is 10.9. The van der Waals surface area contributed by atoms with Crippen LogP contribution >= 0.6 is 0 Å². The zero-order valence-corrected chi connectivity index (χ0v) is 11.9. The summed E-state index contributed by atoms with van der Waals surface area (Å²) < 4.78 is 0. The minimum absolute atomic E-state index is 0.00405. The van der Waals surface area contributed by atoms with Crippen LogP contribution in [0.1, 0.15) is 47.0 Å². The van der Waals surface area contributed by atoms with Gasteiger partial charge in [0.05, 0.1) is 0 Å². The Morgan fingerprint density at radius 1 is 1.44 bits per heavy atom. The van der Waals surface area contributed by atoms with Gasteiger partial charge in [0.25, 0.3) is 0 Å². The molecule has 5 heteroatoms. The SMILES string of the molecule is CC.CC(C)(CO)C(N)C1CCCC(C(=O)O)N1. The van der Waals surface area contributed by atoms with Crippen molar-refractivity contribution in [3.63, 3.8) is 0 Å². The van der Waals surface area contributed by atoms with Gasteiger partial charge in [0.15, 0.2) is 0 Å². The summed E-state index contributed by atoms with van der Waals surface area (Å²) in [6.07, 6.45) is 2.39. The molecular formula is C13H28N2O3. The third kappa shape index (κ3) is 4.55. The number of nitrogens with two attached hydrogens (primary N) is 1. The molecule has 1 heterocycles. The summed E-state index contributed by atoms with van der Waals surface area (Å²) in [5.74, 6) is -0.821. The normalized spacial score (nSPS) is 25.9. The van der Waals surface area contributed by atoms with Crippen LogP contribution in [0.4, 0.5) is 0 Å². The van der Waals surface area contributed by atoms with Gasteiger partial charge in [-0.3, -0.25) is 4.79 Å². The van der Waals surface area contributed by atoms with Crippen LogP contribution in [0.5, 0.6) is 0 Å². The lowest BCUT2D eigenvalue weighted by Gasteiger charge is -2.39. The standard InChI is InChI=1S/C11H22N2O3.C2H6/c1-11(2,6-14)9(12)7-4-3-5-8(13-7)10(15)16;1-2/h7-9,13-14H,3-6,12H2,1-2H3,(H,15,16);1-2H3. The number of aliphatic carboxylic acids is 1. The smallest absolute Gasteiger partial charge is 0.320 e. The number of nitrogens with one attached hydrogen (secondary N) is 1.